The fraction of sp³-hybridized carbons (Fsp3) is 0.111. The molecule has 110 valence electrons. The van der Waals surface area contributed by atoms with Crippen LogP contribution < -0.4 is 0 Å². The molecule has 0 amide bonds. The highest BCUT2D eigenvalue weighted by molar-refractivity contribution is 9.10. The average molecular weight is 356 g/mol. The molecule has 0 saturated carbocycles. The molecule has 2 aromatic carbocycles. The molecule has 0 spiro atoms. The summed E-state index contributed by atoms with van der Waals surface area (Å²) < 4.78 is 0.789. The maximum absolute atomic E-state index is 11.7. The molecular weight excluding hydrogens is 342 g/mol. The van der Waals surface area contributed by atoms with Crippen LogP contribution in [-0.4, -0.2) is 16.1 Å². The number of benzene rings is 2. The first-order valence-electron chi connectivity index (χ1n) is 6.88. The second-order valence-electron chi connectivity index (χ2n) is 5.27. The molecule has 1 heterocycles. The van der Waals surface area contributed by atoms with Gasteiger partial charge in [-0.1, -0.05) is 36.4 Å². The van der Waals surface area contributed by atoms with Gasteiger partial charge >= 0.3 is 5.97 Å². The van der Waals surface area contributed by atoms with Crippen molar-refractivity contribution in [1.82, 2.24) is 4.98 Å². The average Bonchev–Trinajstić information content (AvgIpc) is 2.52. The van der Waals surface area contributed by atoms with E-state index in [1.54, 1.807) is 6.07 Å². The largest absolute Gasteiger partial charge is 0.478 e. The molecule has 1 aromatic heterocycles. The number of hydrogen-bond donors (Lipinski definition) is 1. The van der Waals surface area contributed by atoms with Crippen LogP contribution in [0.3, 0.4) is 0 Å². The van der Waals surface area contributed by atoms with E-state index < -0.39 is 5.97 Å². The zero-order chi connectivity index (χ0) is 15.9. The minimum atomic E-state index is -0.949. The Morgan fingerprint density at radius 3 is 2.41 bits per heavy atom. The van der Waals surface area contributed by atoms with Gasteiger partial charge in [0.25, 0.3) is 0 Å². The molecule has 0 fully saturated rings. The number of aryl methyl sites for hydroxylation is 2. The van der Waals surface area contributed by atoms with Gasteiger partial charge in [0, 0.05) is 15.4 Å². The molecule has 0 aliphatic carbocycles. The van der Waals surface area contributed by atoms with Gasteiger partial charge in [-0.3, -0.25) is 0 Å². The molecule has 0 aliphatic rings. The van der Waals surface area contributed by atoms with Crippen molar-refractivity contribution in [2.45, 2.75) is 13.8 Å². The summed E-state index contributed by atoms with van der Waals surface area (Å²) >= 11 is 3.51. The Balaban J connectivity index is 2.43. The standard InChI is InChI=1S/C18H14BrNO2/c1-10-8-11(2)17-15(16(10)19)13(18(21)22)9-14(20-17)12-6-4-3-5-7-12/h3-9H,1-2H3,(H,21,22). The molecule has 22 heavy (non-hydrogen) atoms. The Morgan fingerprint density at radius 2 is 1.77 bits per heavy atom. The lowest BCUT2D eigenvalue weighted by atomic mass is 10.00. The summed E-state index contributed by atoms with van der Waals surface area (Å²) in [6.45, 7) is 3.91. The fourth-order valence-electron chi connectivity index (χ4n) is 2.63. The number of carboxylic acid groups (broad SMARTS) is 1. The number of rotatable bonds is 2. The van der Waals surface area contributed by atoms with Crippen LogP contribution in [0.15, 0.2) is 46.9 Å². The number of aromatic nitrogens is 1. The number of halogens is 1. The highest BCUT2D eigenvalue weighted by Crippen LogP contribution is 2.34. The van der Waals surface area contributed by atoms with Crippen molar-refractivity contribution in [2.24, 2.45) is 0 Å². The summed E-state index contributed by atoms with van der Waals surface area (Å²) in [5.74, 6) is -0.949. The van der Waals surface area contributed by atoms with Gasteiger partial charge < -0.3 is 5.11 Å². The molecule has 0 radical (unpaired) electrons. The molecule has 1 N–H and O–H groups in total. The number of carbonyl (C=O) groups is 1. The van der Waals surface area contributed by atoms with Gasteiger partial charge in [0.1, 0.15) is 0 Å². The van der Waals surface area contributed by atoms with E-state index in [9.17, 15) is 9.90 Å². The lowest BCUT2D eigenvalue weighted by Gasteiger charge is -2.12. The fourth-order valence-corrected chi connectivity index (χ4v) is 3.15. The van der Waals surface area contributed by atoms with Gasteiger partial charge in [-0.15, -0.1) is 0 Å². The highest BCUT2D eigenvalue weighted by atomic mass is 79.9. The van der Waals surface area contributed by atoms with Gasteiger partial charge in [0.05, 0.1) is 16.8 Å². The summed E-state index contributed by atoms with van der Waals surface area (Å²) in [6.07, 6.45) is 0. The minimum absolute atomic E-state index is 0.266. The van der Waals surface area contributed by atoms with E-state index in [4.69, 9.17) is 4.98 Å². The van der Waals surface area contributed by atoms with Crippen LogP contribution in [0.5, 0.6) is 0 Å². The first-order valence-corrected chi connectivity index (χ1v) is 7.67. The van der Waals surface area contributed by atoms with Crippen molar-refractivity contribution in [3.63, 3.8) is 0 Å². The van der Waals surface area contributed by atoms with Gasteiger partial charge in [0.15, 0.2) is 0 Å². The molecule has 0 saturated heterocycles. The van der Waals surface area contributed by atoms with E-state index >= 15 is 0 Å². The quantitative estimate of drug-likeness (QED) is 0.705. The number of carboxylic acids is 1. The summed E-state index contributed by atoms with van der Waals surface area (Å²) in [7, 11) is 0. The minimum Gasteiger partial charge on any atom is -0.478 e. The summed E-state index contributed by atoms with van der Waals surface area (Å²) in [5.41, 5.74) is 4.53. The second-order valence-corrected chi connectivity index (χ2v) is 6.07. The maximum Gasteiger partial charge on any atom is 0.336 e. The third-order valence-corrected chi connectivity index (χ3v) is 4.71. The summed E-state index contributed by atoms with van der Waals surface area (Å²) in [6, 6.07) is 13.3. The molecule has 0 atom stereocenters. The number of fused-ring (bicyclic) bond motifs is 1. The van der Waals surface area contributed by atoms with Crippen LogP contribution in [0.4, 0.5) is 0 Å². The normalized spacial score (nSPS) is 10.9. The molecule has 0 unspecified atom stereocenters. The van der Waals surface area contributed by atoms with Crippen molar-refractivity contribution in [1.29, 1.82) is 0 Å². The first-order chi connectivity index (χ1) is 10.5. The predicted octanol–water partition coefficient (Wildman–Crippen LogP) is 4.98. The smallest absolute Gasteiger partial charge is 0.336 e. The monoisotopic (exact) mass is 355 g/mol. The van der Waals surface area contributed by atoms with E-state index in [-0.39, 0.29) is 5.56 Å². The highest BCUT2D eigenvalue weighted by Gasteiger charge is 2.18. The molecule has 0 aliphatic heterocycles. The topological polar surface area (TPSA) is 50.2 Å². The Kier molecular flexibility index (Phi) is 3.71. The second kappa shape index (κ2) is 5.54. The van der Waals surface area contributed by atoms with Gasteiger partial charge in [-0.05, 0) is 47.0 Å². The number of pyridine rings is 1. The molecule has 0 bridgehead atoms. The van der Waals surface area contributed by atoms with E-state index in [0.717, 1.165) is 26.7 Å². The van der Waals surface area contributed by atoms with Crippen LogP contribution in [0.2, 0.25) is 0 Å². The van der Waals surface area contributed by atoms with Crippen LogP contribution in [-0.2, 0) is 0 Å². The van der Waals surface area contributed by atoms with Crippen molar-refractivity contribution in [2.75, 3.05) is 0 Å². The van der Waals surface area contributed by atoms with Gasteiger partial charge in [0.2, 0.25) is 0 Å². The van der Waals surface area contributed by atoms with E-state index in [0.29, 0.717) is 11.1 Å². The zero-order valence-electron chi connectivity index (χ0n) is 12.2. The third-order valence-electron chi connectivity index (χ3n) is 3.69. The molecule has 3 rings (SSSR count). The van der Waals surface area contributed by atoms with E-state index in [1.165, 1.54) is 0 Å². The predicted molar refractivity (Wildman–Crippen MR) is 91.3 cm³/mol. The van der Waals surface area contributed by atoms with Crippen LogP contribution in [0.1, 0.15) is 21.5 Å². The van der Waals surface area contributed by atoms with E-state index in [1.807, 2.05) is 50.2 Å². The maximum atomic E-state index is 11.7. The molecule has 4 heteroatoms. The van der Waals surface area contributed by atoms with Crippen LogP contribution >= 0.6 is 15.9 Å². The van der Waals surface area contributed by atoms with E-state index in [2.05, 4.69) is 15.9 Å². The van der Waals surface area contributed by atoms with Crippen molar-refractivity contribution in [3.8, 4) is 11.3 Å². The van der Waals surface area contributed by atoms with Crippen molar-refractivity contribution < 1.29 is 9.90 Å². The summed E-state index contributed by atoms with van der Waals surface area (Å²) in [4.78, 5) is 16.4. The van der Waals surface area contributed by atoms with Crippen molar-refractivity contribution in [3.05, 3.63) is 63.6 Å². The van der Waals surface area contributed by atoms with Gasteiger partial charge in [-0.2, -0.15) is 0 Å². The Morgan fingerprint density at radius 1 is 1.09 bits per heavy atom. The zero-order valence-corrected chi connectivity index (χ0v) is 13.8. The third kappa shape index (κ3) is 2.40. The van der Waals surface area contributed by atoms with Crippen molar-refractivity contribution >= 4 is 32.8 Å². The molecule has 3 aromatic rings. The van der Waals surface area contributed by atoms with Crippen LogP contribution in [0.25, 0.3) is 22.2 Å². The lowest BCUT2D eigenvalue weighted by Crippen LogP contribution is -2.02. The molecule has 3 nitrogen and oxygen atoms in total. The van der Waals surface area contributed by atoms with Gasteiger partial charge in [-0.25, -0.2) is 9.78 Å². The molecular formula is C18H14BrNO2. The SMILES string of the molecule is Cc1cc(C)c2nc(-c3ccccc3)cc(C(=O)O)c2c1Br. The number of aromatic carboxylic acids is 1. The summed E-state index contributed by atoms with van der Waals surface area (Å²) in [5, 5.41) is 10.3. The van der Waals surface area contributed by atoms with Crippen LogP contribution in [0, 0.1) is 13.8 Å². The number of hydrogen-bond acceptors (Lipinski definition) is 2. The Bertz CT molecular complexity index is 889. The Labute approximate surface area is 136 Å². The Hall–Kier alpha value is -2.20. The lowest BCUT2D eigenvalue weighted by molar-refractivity contribution is 0.0699. The number of nitrogens with zero attached hydrogens (tertiary/aromatic N) is 1. The first kappa shape index (κ1) is 14.7.